The highest BCUT2D eigenvalue weighted by Gasteiger charge is 2.13. The molecule has 0 saturated carbocycles. The van der Waals surface area contributed by atoms with Gasteiger partial charge in [-0.2, -0.15) is 0 Å². The van der Waals surface area contributed by atoms with E-state index in [0.29, 0.717) is 13.0 Å². The molecule has 0 fully saturated rings. The third-order valence-electron chi connectivity index (χ3n) is 2.79. The maximum atomic E-state index is 9.93. The van der Waals surface area contributed by atoms with E-state index in [-0.39, 0.29) is 0 Å². The van der Waals surface area contributed by atoms with Gasteiger partial charge in [0, 0.05) is 27.7 Å². The molecule has 4 N–H and O–H groups in total. The summed E-state index contributed by atoms with van der Waals surface area (Å²) in [5.74, 6) is 0. The Bertz CT molecular complexity index is 507. The molecule has 16 heavy (non-hydrogen) atoms. The standard InChI is InChI=1S/C12H15ClN2O/c1-7-4-8-9(12(16)2-3-14)6-15-11(8)5-10(7)13/h4-6,12,15-16H,2-3,14H2,1H3. The summed E-state index contributed by atoms with van der Waals surface area (Å²) in [6.45, 7) is 2.42. The molecule has 0 aliphatic heterocycles. The van der Waals surface area contributed by atoms with Crippen LogP contribution in [0.15, 0.2) is 18.3 Å². The summed E-state index contributed by atoms with van der Waals surface area (Å²) >= 11 is 6.04. The molecule has 0 saturated heterocycles. The Hall–Kier alpha value is -1.03. The second-order valence-electron chi connectivity index (χ2n) is 3.98. The summed E-state index contributed by atoms with van der Waals surface area (Å²) in [5, 5.41) is 11.7. The van der Waals surface area contributed by atoms with Crippen molar-refractivity contribution in [3.8, 4) is 0 Å². The van der Waals surface area contributed by atoms with Gasteiger partial charge in [-0.1, -0.05) is 11.6 Å². The van der Waals surface area contributed by atoms with Crippen LogP contribution in [0.2, 0.25) is 5.02 Å². The van der Waals surface area contributed by atoms with Crippen LogP contribution >= 0.6 is 11.6 Å². The molecule has 1 aromatic heterocycles. The van der Waals surface area contributed by atoms with Crippen molar-refractivity contribution in [1.29, 1.82) is 0 Å². The lowest BCUT2D eigenvalue weighted by Gasteiger charge is -2.08. The van der Waals surface area contributed by atoms with Crippen molar-refractivity contribution in [2.45, 2.75) is 19.4 Å². The van der Waals surface area contributed by atoms with Gasteiger partial charge in [0.05, 0.1) is 6.10 Å². The number of benzene rings is 1. The maximum absolute atomic E-state index is 9.93. The minimum atomic E-state index is -0.515. The smallest absolute Gasteiger partial charge is 0.0822 e. The van der Waals surface area contributed by atoms with Crippen molar-refractivity contribution in [1.82, 2.24) is 4.98 Å². The first-order chi connectivity index (χ1) is 7.63. The van der Waals surface area contributed by atoms with Gasteiger partial charge in [0.25, 0.3) is 0 Å². The van der Waals surface area contributed by atoms with E-state index < -0.39 is 6.10 Å². The number of nitrogens with one attached hydrogen (secondary N) is 1. The molecule has 3 nitrogen and oxygen atoms in total. The monoisotopic (exact) mass is 238 g/mol. The lowest BCUT2D eigenvalue weighted by Crippen LogP contribution is -2.06. The summed E-state index contributed by atoms with van der Waals surface area (Å²) in [7, 11) is 0. The SMILES string of the molecule is Cc1cc2c(C(O)CCN)c[nH]c2cc1Cl. The van der Waals surface area contributed by atoms with Crippen LogP contribution in [0.3, 0.4) is 0 Å². The van der Waals surface area contributed by atoms with Gasteiger partial charge in [-0.05, 0) is 37.6 Å². The Morgan fingerprint density at radius 1 is 1.50 bits per heavy atom. The summed E-state index contributed by atoms with van der Waals surface area (Å²) < 4.78 is 0. The summed E-state index contributed by atoms with van der Waals surface area (Å²) in [6.07, 6.45) is 1.87. The van der Waals surface area contributed by atoms with Crippen molar-refractivity contribution >= 4 is 22.5 Å². The van der Waals surface area contributed by atoms with Crippen molar-refractivity contribution < 1.29 is 5.11 Å². The fourth-order valence-electron chi connectivity index (χ4n) is 1.86. The highest BCUT2D eigenvalue weighted by atomic mass is 35.5. The average Bonchev–Trinajstić information content (AvgIpc) is 2.62. The average molecular weight is 239 g/mol. The Morgan fingerprint density at radius 3 is 2.94 bits per heavy atom. The van der Waals surface area contributed by atoms with Crippen molar-refractivity contribution in [3.05, 3.63) is 34.5 Å². The van der Waals surface area contributed by atoms with E-state index in [1.165, 1.54) is 0 Å². The molecule has 0 bridgehead atoms. The Balaban J connectivity index is 2.51. The Kier molecular flexibility index (Phi) is 3.19. The number of aromatic amines is 1. The van der Waals surface area contributed by atoms with Gasteiger partial charge in [0.2, 0.25) is 0 Å². The number of rotatable bonds is 3. The van der Waals surface area contributed by atoms with E-state index in [1.807, 2.05) is 25.3 Å². The van der Waals surface area contributed by atoms with E-state index in [9.17, 15) is 5.11 Å². The van der Waals surface area contributed by atoms with Gasteiger partial charge in [0.1, 0.15) is 0 Å². The minimum absolute atomic E-state index is 0.473. The number of nitrogens with two attached hydrogens (primary N) is 1. The highest BCUT2D eigenvalue weighted by Crippen LogP contribution is 2.29. The van der Waals surface area contributed by atoms with E-state index in [2.05, 4.69) is 4.98 Å². The van der Waals surface area contributed by atoms with Crippen molar-refractivity contribution in [3.63, 3.8) is 0 Å². The molecular weight excluding hydrogens is 224 g/mol. The van der Waals surface area contributed by atoms with Crippen LogP contribution in [-0.4, -0.2) is 16.6 Å². The first-order valence-electron chi connectivity index (χ1n) is 5.28. The maximum Gasteiger partial charge on any atom is 0.0822 e. The fraction of sp³-hybridized carbons (Fsp3) is 0.333. The third-order valence-corrected chi connectivity index (χ3v) is 3.20. The molecule has 1 aromatic carbocycles. The first kappa shape index (κ1) is 11.5. The zero-order valence-electron chi connectivity index (χ0n) is 9.13. The van der Waals surface area contributed by atoms with Crippen LogP contribution < -0.4 is 5.73 Å². The van der Waals surface area contributed by atoms with E-state index in [0.717, 1.165) is 27.1 Å². The van der Waals surface area contributed by atoms with Crippen LogP contribution in [0.5, 0.6) is 0 Å². The molecule has 1 atom stereocenters. The number of hydrogen-bond acceptors (Lipinski definition) is 2. The number of fused-ring (bicyclic) bond motifs is 1. The zero-order valence-corrected chi connectivity index (χ0v) is 9.88. The van der Waals surface area contributed by atoms with E-state index in [4.69, 9.17) is 17.3 Å². The van der Waals surface area contributed by atoms with Crippen molar-refractivity contribution in [2.24, 2.45) is 5.73 Å². The fourth-order valence-corrected chi connectivity index (χ4v) is 2.03. The van der Waals surface area contributed by atoms with E-state index in [1.54, 1.807) is 0 Å². The molecular formula is C12H15ClN2O. The molecule has 1 unspecified atom stereocenters. The van der Waals surface area contributed by atoms with Crippen LogP contribution in [0.25, 0.3) is 10.9 Å². The number of aryl methyl sites for hydroxylation is 1. The summed E-state index contributed by atoms with van der Waals surface area (Å²) in [6, 6.07) is 3.87. The summed E-state index contributed by atoms with van der Waals surface area (Å²) in [4.78, 5) is 3.11. The number of halogens is 1. The number of H-pyrrole nitrogens is 1. The normalized spacial score (nSPS) is 13.2. The number of aliphatic hydroxyl groups is 1. The molecule has 86 valence electrons. The quantitative estimate of drug-likeness (QED) is 0.770. The first-order valence-corrected chi connectivity index (χ1v) is 5.66. The molecule has 1 heterocycles. The lowest BCUT2D eigenvalue weighted by molar-refractivity contribution is 0.172. The summed E-state index contributed by atoms with van der Waals surface area (Å²) in [5.41, 5.74) is 8.29. The molecule has 2 rings (SSSR count). The van der Waals surface area contributed by atoms with Gasteiger partial charge < -0.3 is 15.8 Å². The van der Waals surface area contributed by atoms with Crippen LogP contribution in [0, 0.1) is 6.92 Å². The second kappa shape index (κ2) is 4.45. The topological polar surface area (TPSA) is 62.0 Å². The molecule has 0 spiro atoms. The Labute approximate surface area is 99.2 Å². The third kappa shape index (κ3) is 1.94. The van der Waals surface area contributed by atoms with Gasteiger partial charge in [-0.25, -0.2) is 0 Å². The van der Waals surface area contributed by atoms with Crippen molar-refractivity contribution in [2.75, 3.05) is 6.54 Å². The lowest BCUT2D eigenvalue weighted by atomic mass is 10.0. The van der Waals surface area contributed by atoms with Gasteiger partial charge in [-0.3, -0.25) is 0 Å². The van der Waals surface area contributed by atoms with Crippen LogP contribution in [-0.2, 0) is 0 Å². The molecule has 2 aromatic rings. The predicted molar refractivity (Wildman–Crippen MR) is 66.7 cm³/mol. The van der Waals surface area contributed by atoms with Gasteiger partial charge >= 0.3 is 0 Å². The molecule has 4 heteroatoms. The number of hydrogen-bond donors (Lipinski definition) is 3. The minimum Gasteiger partial charge on any atom is -0.388 e. The predicted octanol–water partition coefficient (Wildman–Crippen LogP) is 2.51. The number of aromatic nitrogens is 1. The Morgan fingerprint density at radius 2 is 2.25 bits per heavy atom. The molecule has 0 amide bonds. The second-order valence-corrected chi connectivity index (χ2v) is 4.39. The zero-order chi connectivity index (χ0) is 11.7. The van der Waals surface area contributed by atoms with E-state index >= 15 is 0 Å². The highest BCUT2D eigenvalue weighted by molar-refractivity contribution is 6.32. The van der Waals surface area contributed by atoms with Gasteiger partial charge in [0.15, 0.2) is 0 Å². The largest absolute Gasteiger partial charge is 0.388 e. The molecule has 0 radical (unpaired) electrons. The molecule has 0 aliphatic carbocycles. The van der Waals surface area contributed by atoms with Crippen LogP contribution in [0.1, 0.15) is 23.7 Å². The molecule has 0 aliphatic rings. The van der Waals surface area contributed by atoms with Crippen LogP contribution in [0.4, 0.5) is 0 Å². The number of aliphatic hydroxyl groups excluding tert-OH is 1. The van der Waals surface area contributed by atoms with Gasteiger partial charge in [-0.15, -0.1) is 0 Å².